The van der Waals surface area contributed by atoms with Crippen LogP contribution in [0.3, 0.4) is 0 Å². The Morgan fingerprint density at radius 1 is 1.07 bits per heavy atom. The van der Waals surface area contributed by atoms with Gasteiger partial charge in [-0.3, -0.25) is 5.32 Å². The number of hydrogen-bond donors (Lipinski definition) is 2. The zero-order valence-corrected chi connectivity index (χ0v) is 19.6. The maximum atomic E-state index is 10.3. The molecule has 3 nitrogen and oxygen atoms in total. The molecule has 4 aliphatic carbocycles. The largest absolute Gasteiger partial charge is 0.393 e. The molecule has 3 heteroatoms. The van der Waals surface area contributed by atoms with E-state index in [4.69, 9.17) is 4.74 Å². The third-order valence-corrected chi connectivity index (χ3v) is 11.6. The van der Waals surface area contributed by atoms with E-state index < -0.39 is 0 Å². The van der Waals surface area contributed by atoms with Gasteiger partial charge in [-0.2, -0.15) is 0 Å². The van der Waals surface area contributed by atoms with Gasteiger partial charge >= 0.3 is 0 Å². The van der Waals surface area contributed by atoms with Gasteiger partial charge in [0.15, 0.2) is 0 Å². The first kappa shape index (κ1) is 20.2. The minimum Gasteiger partial charge on any atom is -0.393 e. The highest BCUT2D eigenvalue weighted by Crippen LogP contribution is 2.70. The van der Waals surface area contributed by atoms with Gasteiger partial charge in [0.1, 0.15) is 5.72 Å². The Morgan fingerprint density at radius 2 is 1.90 bits per heavy atom. The van der Waals surface area contributed by atoms with Crippen LogP contribution in [0.25, 0.3) is 0 Å². The van der Waals surface area contributed by atoms with Gasteiger partial charge in [0, 0.05) is 12.5 Å². The molecule has 5 fully saturated rings. The van der Waals surface area contributed by atoms with Gasteiger partial charge in [-0.1, -0.05) is 39.3 Å². The smallest absolute Gasteiger partial charge is 0.122 e. The number of rotatable bonds is 0. The van der Waals surface area contributed by atoms with Crippen molar-refractivity contribution in [2.45, 2.75) is 103 Å². The first-order chi connectivity index (χ1) is 14.3. The van der Waals surface area contributed by atoms with Crippen LogP contribution < -0.4 is 5.32 Å². The minimum atomic E-state index is -0.100. The van der Waals surface area contributed by atoms with Crippen molar-refractivity contribution in [2.75, 3.05) is 6.54 Å². The molecule has 0 aromatic rings. The molecule has 3 saturated carbocycles. The molecule has 11 atom stereocenters. The molecule has 2 aliphatic heterocycles. The second-order valence-electron chi connectivity index (χ2n) is 12.8. The Morgan fingerprint density at radius 3 is 2.67 bits per heavy atom. The first-order valence-corrected chi connectivity index (χ1v) is 13.1. The topological polar surface area (TPSA) is 41.5 Å². The summed E-state index contributed by atoms with van der Waals surface area (Å²) in [6.07, 6.45) is 13.8. The van der Waals surface area contributed by atoms with E-state index in [1.54, 1.807) is 5.57 Å². The van der Waals surface area contributed by atoms with Crippen LogP contribution in [-0.4, -0.2) is 29.6 Å². The van der Waals surface area contributed by atoms with E-state index in [-0.39, 0.29) is 11.8 Å². The van der Waals surface area contributed by atoms with Gasteiger partial charge in [0.05, 0.1) is 12.2 Å². The van der Waals surface area contributed by atoms with Gasteiger partial charge in [-0.05, 0) is 98.2 Å². The van der Waals surface area contributed by atoms with Crippen molar-refractivity contribution in [2.24, 2.45) is 46.3 Å². The van der Waals surface area contributed by atoms with Gasteiger partial charge < -0.3 is 9.84 Å². The number of ether oxygens (including phenoxy) is 1. The van der Waals surface area contributed by atoms with Crippen molar-refractivity contribution in [3.63, 3.8) is 0 Å². The SMILES string of the molecule is CC1CC[C@]2(NC1)OC1CC3C4CC=C5CC(O)CC[C@@]5(C)C4CC[C@]3(C)C1C2C. The fraction of sp³-hybridized carbons (Fsp3) is 0.926. The fourth-order valence-corrected chi connectivity index (χ4v) is 9.84. The van der Waals surface area contributed by atoms with Crippen LogP contribution in [-0.2, 0) is 4.74 Å². The summed E-state index contributed by atoms with van der Waals surface area (Å²) in [5.74, 6) is 4.58. The van der Waals surface area contributed by atoms with Crippen molar-refractivity contribution >= 4 is 0 Å². The van der Waals surface area contributed by atoms with Crippen molar-refractivity contribution in [3.8, 4) is 0 Å². The predicted molar refractivity (Wildman–Crippen MR) is 120 cm³/mol. The van der Waals surface area contributed by atoms with E-state index in [1.807, 2.05) is 0 Å². The third-order valence-electron chi connectivity index (χ3n) is 11.6. The van der Waals surface area contributed by atoms with Gasteiger partial charge in [0.2, 0.25) is 0 Å². The Kier molecular flexibility index (Phi) is 4.44. The summed E-state index contributed by atoms with van der Waals surface area (Å²) in [4.78, 5) is 0. The van der Waals surface area contributed by atoms with Gasteiger partial charge in [-0.15, -0.1) is 0 Å². The molecule has 30 heavy (non-hydrogen) atoms. The molecule has 0 amide bonds. The normalized spacial score (nSPS) is 59.8. The lowest BCUT2D eigenvalue weighted by Gasteiger charge is -2.58. The maximum absolute atomic E-state index is 10.3. The molecule has 1 spiro atoms. The van der Waals surface area contributed by atoms with Crippen molar-refractivity contribution in [3.05, 3.63) is 11.6 Å². The highest BCUT2D eigenvalue weighted by Gasteiger charge is 2.68. The number of piperidine rings is 1. The minimum absolute atomic E-state index is 0.0439. The number of hydrogen-bond acceptors (Lipinski definition) is 3. The van der Waals surface area contributed by atoms with E-state index in [2.05, 4.69) is 39.1 Å². The quantitative estimate of drug-likeness (QED) is 0.530. The Hall–Kier alpha value is -0.380. The zero-order chi connectivity index (χ0) is 20.9. The molecule has 2 heterocycles. The Labute approximate surface area is 183 Å². The molecule has 2 saturated heterocycles. The summed E-state index contributed by atoms with van der Waals surface area (Å²) in [6, 6.07) is 0. The lowest BCUT2D eigenvalue weighted by Crippen LogP contribution is -2.57. The van der Waals surface area contributed by atoms with Crippen molar-refractivity contribution in [1.82, 2.24) is 5.32 Å². The van der Waals surface area contributed by atoms with E-state index in [0.717, 1.165) is 49.0 Å². The fourth-order valence-electron chi connectivity index (χ4n) is 9.84. The van der Waals surface area contributed by atoms with Crippen LogP contribution in [0.5, 0.6) is 0 Å². The van der Waals surface area contributed by atoms with Crippen LogP contribution in [0.4, 0.5) is 0 Å². The summed E-state index contributed by atoms with van der Waals surface area (Å²) in [6.45, 7) is 11.2. The highest BCUT2D eigenvalue weighted by molar-refractivity contribution is 5.26. The van der Waals surface area contributed by atoms with E-state index in [0.29, 0.717) is 22.9 Å². The van der Waals surface area contributed by atoms with Crippen LogP contribution in [0.2, 0.25) is 0 Å². The van der Waals surface area contributed by atoms with Crippen molar-refractivity contribution < 1.29 is 9.84 Å². The van der Waals surface area contributed by atoms with Crippen LogP contribution in [0.15, 0.2) is 11.6 Å². The van der Waals surface area contributed by atoms with Gasteiger partial charge in [-0.25, -0.2) is 0 Å². The Balaban J connectivity index is 1.28. The summed E-state index contributed by atoms with van der Waals surface area (Å²) < 4.78 is 7.00. The number of nitrogens with one attached hydrogen (secondary N) is 1. The molecule has 0 aromatic carbocycles. The maximum Gasteiger partial charge on any atom is 0.122 e. The zero-order valence-electron chi connectivity index (χ0n) is 19.6. The molecule has 6 rings (SSSR count). The number of aliphatic hydroxyl groups excluding tert-OH is 1. The van der Waals surface area contributed by atoms with Crippen molar-refractivity contribution in [1.29, 1.82) is 0 Å². The molecule has 2 N–H and O–H groups in total. The average molecular weight is 414 g/mol. The van der Waals surface area contributed by atoms with Crippen LogP contribution >= 0.6 is 0 Å². The van der Waals surface area contributed by atoms with Crippen LogP contribution in [0.1, 0.15) is 85.5 Å². The molecule has 0 radical (unpaired) electrons. The second kappa shape index (κ2) is 6.58. The molecular weight excluding hydrogens is 370 g/mol. The monoisotopic (exact) mass is 413 g/mol. The van der Waals surface area contributed by atoms with Crippen LogP contribution in [0, 0.1) is 46.3 Å². The van der Waals surface area contributed by atoms with Gasteiger partial charge in [0.25, 0.3) is 0 Å². The molecule has 0 aromatic heterocycles. The summed E-state index contributed by atoms with van der Waals surface area (Å²) in [7, 11) is 0. The summed E-state index contributed by atoms with van der Waals surface area (Å²) >= 11 is 0. The molecule has 0 bridgehead atoms. The first-order valence-electron chi connectivity index (χ1n) is 13.1. The van der Waals surface area contributed by atoms with E-state index in [1.165, 1.54) is 44.9 Å². The molecule has 6 aliphatic rings. The summed E-state index contributed by atoms with van der Waals surface area (Å²) in [5, 5.41) is 14.1. The van der Waals surface area contributed by atoms with E-state index >= 15 is 0 Å². The molecule has 168 valence electrons. The lowest BCUT2D eigenvalue weighted by molar-refractivity contribution is -0.115. The molecular formula is C27H43NO2. The molecule has 8 unspecified atom stereocenters. The number of allylic oxidation sites excluding steroid dienone is 1. The second-order valence-corrected chi connectivity index (χ2v) is 12.8. The highest BCUT2D eigenvalue weighted by atomic mass is 16.5. The predicted octanol–water partition coefficient (Wildman–Crippen LogP) is 5.29. The number of aliphatic hydroxyl groups is 1. The lowest BCUT2D eigenvalue weighted by atomic mass is 9.47. The number of fused-ring (bicyclic) bond motifs is 7. The summed E-state index contributed by atoms with van der Waals surface area (Å²) in [5.41, 5.74) is 2.33. The third kappa shape index (κ3) is 2.55. The standard InChI is InChI=1S/C27H43NO2/c1-16-7-12-27(28-15-16)17(2)24-23(30-27)14-22-20-6-5-18-13-19(29)8-10-25(18,3)21(20)9-11-26(22,24)4/h5,16-17,19-24,28-29H,6-15H2,1-4H3/t16?,17?,19?,20?,21?,22?,23?,24?,25-,26+,27+/m1/s1. The Bertz CT molecular complexity index is 739. The average Bonchev–Trinajstić information content (AvgIpc) is 3.16. The van der Waals surface area contributed by atoms with E-state index in [9.17, 15) is 5.11 Å².